The van der Waals surface area contributed by atoms with Crippen molar-refractivity contribution in [2.75, 3.05) is 23.3 Å². The maximum absolute atomic E-state index is 11.1. The summed E-state index contributed by atoms with van der Waals surface area (Å²) in [5.41, 5.74) is 5.51. The lowest BCUT2D eigenvalue weighted by atomic mass is 10.1. The van der Waals surface area contributed by atoms with Gasteiger partial charge in [-0.2, -0.15) is 0 Å². The lowest BCUT2D eigenvalue weighted by Crippen LogP contribution is -2.40. The molecule has 8 heteroatoms. The predicted octanol–water partition coefficient (Wildman–Crippen LogP) is 1.70. The van der Waals surface area contributed by atoms with Gasteiger partial charge >= 0.3 is 0 Å². The Morgan fingerprint density at radius 2 is 1.96 bits per heavy atom. The molecule has 1 amide bonds. The van der Waals surface area contributed by atoms with E-state index in [1.54, 1.807) is 18.5 Å². The fourth-order valence-corrected chi connectivity index (χ4v) is 2.77. The van der Waals surface area contributed by atoms with E-state index in [1.807, 2.05) is 0 Å². The number of carbonyl (C=O) groups excluding carboxylic acids is 1. The van der Waals surface area contributed by atoms with Gasteiger partial charge in [0.25, 0.3) is 0 Å². The van der Waals surface area contributed by atoms with E-state index in [2.05, 4.69) is 25.2 Å². The molecule has 1 saturated heterocycles. The van der Waals surface area contributed by atoms with Gasteiger partial charge in [-0.1, -0.05) is 11.6 Å². The van der Waals surface area contributed by atoms with Gasteiger partial charge in [-0.25, -0.2) is 15.0 Å². The largest absolute Gasteiger partial charge is 0.366 e. The molecule has 0 spiro atoms. The van der Waals surface area contributed by atoms with Crippen LogP contribution in [-0.2, 0) is 0 Å². The van der Waals surface area contributed by atoms with Crippen LogP contribution in [0.5, 0.6) is 0 Å². The number of halogens is 1. The number of piperidine rings is 1. The molecular formula is C15H17ClN6O. The predicted molar refractivity (Wildman–Crippen MR) is 88.7 cm³/mol. The second-order valence-corrected chi connectivity index (χ2v) is 5.78. The number of hydrogen-bond donors (Lipinski definition) is 2. The van der Waals surface area contributed by atoms with Gasteiger partial charge in [0, 0.05) is 37.7 Å². The lowest BCUT2D eigenvalue weighted by Gasteiger charge is -2.32. The summed E-state index contributed by atoms with van der Waals surface area (Å²) in [5, 5.41) is 3.72. The zero-order valence-corrected chi connectivity index (χ0v) is 13.2. The van der Waals surface area contributed by atoms with Crippen molar-refractivity contribution in [3.63, 3.8) is 0 Å². The number of nitrogens with zero attached hydrogens (tertiary/aromatic N) is 4. The first kappa shape index (κ1) is 15.5. The molecule has 0 aliphatic carbocycles. The molecule has 2 aromatic rings. The molecule has 0 radical (unpaired) electrons. The molecule has 3 rings (SSSR count). The number of carbonyl (C=O) groups is 1. The average Bonchev–Trinajstić information content (AvgIpc) is 2.58. The van der Waals surface area contributed by atoms with Gasteiger partial charge < -0.3 is 16.0 Å². The Balaban J connectivity index is 1.60. The van der Waals surface area contributed by atoms with Crippen LogP contribution >= 0.6 is 11.6 Å². The Bertz CT molecular complexity index is 688. The summed E-state index contributed by atoms with van der Waals surface area (Å²) in [5.74, 6) is 0.793. The van der Waals surface area contributed by atoms with Crippen molar-refractivity contribution in [1.82, 2.24) is 15.0 Å². The van der Waals surface area contributed by atoms with Crippen molar-refractivity contribution in [2.24, 2.45) is 5.73 Å². The molecule has 23 heavy (non-hydrogen) atoms. The van der Waals surface area contributed by atoms with Crippen LogP contribution in [0.15, 0.2) is 30.7 Å². The van der Waals surface area contributed by atoms with Crippen molar-refractivity contribution in [2.45, 2.75) is 18.9 Å². The quantitative estimate of drug-likeness (QED) is 0.884. The first-order chi connectivity index (χ1) is 11.1. The summed E-state index contributed by atoms with van der Waals surface area (Å²) in [7, 11) is 0. The number of primary amides is 1. The summed E-state index contributed by atoms with van der Waals surface area (Å²) in [6.07, 6.45) is 6.78. The molecule has 0 bridgehead atoms. The number of hydrogen-bond acceptors (Lipinski definition) is 6. The van der Waals surface area contributed by atoms with E-state index in [4.69, 9.17) is 17.3 Å². The van der Waals surface area contributed by atoms with Crippen molar-refractivity contribution in [3.05, 3.63) is 41.3 Å². The molecule has 1 fully saturated rings. The van der Waals surface area contributed by atoms with Gasteiger partial charge in [0.1, 0.15) is 5.82 Å². The van der Waals surface area contributed by atoms with Gasteiger partial charge in [-0.05, 0) is 25.0 Å². The number of anilines is 2. The van der Waals surface area contributed by atoms with E-state index in [0.717, 1.165) is 31.9 Å². The highest BCUT2D eigenvalue weighted by Gasteiger charge is 2.21. The van der Waals surface area contributed by atoms with Crippen LogP contribution in [0.4, 0.5) is 11.8 Å². The van der Waals surface area contributed by atoms with Gasteiger partial charge in [0.15, 0.2) is 0 Å². The highest BCUT2D eigenvalue weighted by atomic mass is 35.5. The minimum absolute atomic E-state index is 0.263. The van der Waals surface area contributed by atoms with E-state index >= 15 is 0 Å². The highest BCUT2D eigenvalue weighted by molar-refractivity contribution is 6.33. The van der Waals surface area contributed by atoms with Crippen LogP contribution in [0.3, 0.4) is 0 Å². The summed E-state index contributed by atoms with van der Waals surface area (Å²) in [4.78, 5) is 26.0. The molecule has 1 aliphatic heterocycles. The molecule has 0 saturated carbocycles. The van der Waals surface area contributed by atoms with Crippen LogP contribution < -0.4 is 16.0 Å². The standard InChI is InChI=1S/C15H17ClN6O/c16-12-8-10(13(17)23)9-20-14(12)21-11-2-6-22(7-3-11)15-18-4-1-5-19-15/h1,4-5,8-9,11H,2-3,6-7H2,(H2,17,23)(H,20,21). The first-order valence-electron chi connectivity index (χ1n) is 7.37. The molecule has 0 atom stereocenters. The SMILES string of the molecule is NC(=O)c1cnc(NC2CCN(c3ncccn3)CC2)c(Cl)c1. The molecule has 3 heterocycles. The fraction of sp³-hybridized carbons (Fsp3) is 0.333. The molecular weight excluding hydrogens is 316 g/mol. The molecule has 0 aromatic carbocycles. The fourth-order valence-electron chi connectivity index (χ4n) is 2.55. The second kappa shape index (κ2) is 6.78. The van der Waals surface area contributed by atoms with E-state index in [-0.39, 0.29) is 6.04 Å². The first-order valence-corrected chi connectivity index (χ1v) is 7.75. The monoisotopic (exact) mass is 332 g/mol. The van der Waals surface area contributed by atoms with Gasteiger partial charge in [-0.3, -0.25) is 4.79 Å². The third kappa shape index (κ3) is 3.68. The van der Waals surface area contributed by atoms with Crippen molar-refractivity contribution < 1.29 is 4.79 Å². The maximum atomic E-state index is 11.1. The summed E-state index contributed by atoms with van der Waals surface area (Å²) in [6.45, 7) is 1.72. The maximum Gasteiger partial charge on any atom is 0.250 e. The normalized spacial score (nSPS) is 15.4. The molecule has 2 aromatic heterocycles. The zero-order valence-electron chi connectivity index (χ0n) is 12.4. The molecule has 0 unspecified atom stereocenters. The minimum atomic E-state index is -0.540. The number of pyridine rings is 1. The molecule has 3 N–H and O–H groups in total. The minimum Gasteiger partial charge on any atom is -0.366 e. The van der Waals surface area contributed by atoms with E-state index < -0.39 is 5.91 Å². The number of amides is 1. The summed E-state index contributed by atoms with van der Waals surface area (Å²) < 4.78 is 0. The van der Waals surface area contributed by atoms with Crippen LogP contribution in [0.2, 0.25) is 5.02 Å². The molecule has 7 nitrogen and oxygen atoms in total. The Morgan fingerprint density at radius 1 is 1.26 bits per heavy atom. The summed E-state index contributed by atoms with van der Waals surface area (Å²) >= 11 is 6.15. The smallest absolute Gasteiger partial charge is 0.250 e. The van der Waals surface area contributed by atoms with Gasteiger partial charge in [-0.15, -0.1) is 0 Å². The number of rotatable bonds is 4. The topological polar surface area (TPSA) is 97.0 Å². The highest BCUT2D eigenvalue weighted by Crippen LogP contribution is 2.24. The van der Waals surface area contributed by atoms with E-state index in [9.17, 15) is 4.79 Å². The number of nitrogens with one attached hydrogen (secondary N) is 1. The second-order valence-electron chi connectivity index (χ2n) is 5.37. The average molecular weight is 333 g/mol. The van der Waals surface area contributed by atoms with Crippen molar-refractivity contribution in [3.8, 4) is 0 Å². The van der Waals surface area contributed by atoms with E-state index in [1.165, 1.54) is 12.3 Å². The van der Waals surface area contributed by atoms with E-state index in [0.29, 0.717) is 16.4 Å². The van der Waals surface area contributed by atoms with Crippen LogP contribution in [0.25, 0.3) is 0 Å². The number of aromatic nitrogens is 3. The third-order valence-corrected chi connectivity index (χ3v) is 4.08. The summed E-state index contributed by atoms with van der Waals surface area (Å²) in [6, 6.07) is 3.60. The van der Waals surface area contributed by atoms with Crippen LogP contribution in [0, 0.1) is 0 Å². The molecule has 120 valence electrons. The molecule has 1 aliphatic rings. The Labute approximate surface area is 138 Å². The Morgan fingerprint density at radius 3 is 2.57 bits per heavy atom. The van der Waals surface area contributed by atoms with Gasteiger partial charge in [0.2, 0.25) is 11.9 Å². The van der Waals surface area contributed by atoms with Crippen molar-refractivity contribution >= 4 is 29.3 Å². The lowest BCUT2D eigenvalue weighted by molar-refractivity contribution is 0.1000. The zero-order chi connectivity index (χ0) is 16.2. The van der Waals surface area contributed by atoms with Crippen LogP contribution in [0.1, 0.15) is 23.2 Å². The Hall–Kier alpha value is -2.41. The van der Waals surface area contributed by atoms with Gasteiger partial charge in [0.05, 0.1) is 10.6 Å². The number of nitrogens with two attached hydrogens (primary N) is 1. The van der Waals surface area contributed by atoms with Crippen LogP contribution in [-0.4, -0.2) is 40.0 Å². The Kier molecular flexibility index (Phi) is 4.57. The van der Waals surface area contributed by atoms with Crippen molar-refractivity contribution in [1.29, 1.82) is 0 Å². The third-order valence-electron chi connectivity index (χ3n) is 3.80.